The molecule has 13 heavy (non-hydrogen) atoms. The van der Waals surface area contributed by atoms with Crippen LogP contribution in [0.3, 0.4) is 0 Å². The molecule has 0 spiro atoms. The number of hydrogen-bond acceptors (Lipinski definition) is 5. The fourth-order valence-electron chi connectivity index (χ4n) is 1.19. The Labute approximate surface area is 79.9 Å². The summed E-state index contributed by atoms with van der Waals surface area (Å²) in [5, 5.41) is 6.00. The van der Waals surface area contributed by atoms with E-state index in [1.54, 1.807) is 0 Å². The molecule has 1 amide bonds. The molecule has 2 N–H and O–H groups in total. The van der Waals surface area contributed by atoms with Gasteiger partial charge in [0.2, 0.25) is 0 Å². The summed E-state index contributed by atoms with van der Waals surface area (Å²) >= 11 is 1.04. The lowest BCUT2D eigenvalue weighted by Crippen LogP contribution is -2.67. The predicted octanol–water partition coefficient (Wildman–Crippen LogP) is -0.370. The van der Waals surface area contributed by atoms with E-state index in [0.29, 0.717) is 5.69 Å². The van der Waals surface area contributed by atoms with Crippen molar-refractivity contribution in [2.75, 3.05) is 13.1 Å². The van der Waals surface area contributed by atoms with Crippen LogP contribution in [0.2, 0.25) is 0 Å². The van der Waals surface area contributed by atoms with Crippen LogP contribution in [-0.4, -0.2) is 33.3 Å². The number of rotatable bonds is 2. The minimum Gasteiger partial charge on any atom is -0.343 e. The molecule has 1 saturated heterocycles. The first-order chi connectivity index (χ1) is 6.20. The van der Waals surface area contributed by atoms with Gasteiger partial charge in [-0.1, -0.05) is 0 Å². The quantitative estimate of drug-likeness (QED) is 0.680. The smallest absolute Gasteiger partial charge is 0.273 e. The summed E-state index contributed by atoms with van der Waals surface area (Å²) in [6, 6.07) is 0. The fourth-order valence-corrected chi connectivity index (χ4v) is 1.60. The van der Waals surface area contributed by atoms with Crippen LogP contribution in [0.5, 0.6) is 0 Å². The molecule has 1 aliphatic heterocycles. The Morgan fingerprint density at radius 3 is 3.00 bits per heavy atom. The van der Waals surface area contributed by atoms with Gasteiger partial charge in [-0.05, 0) is 6.92 Å². The Bertz CT molecular complexity index is 306. The summed E-state index contributed by atoms with van der Waals surface area (Å²) in [6.45, 7) is 3.63. The molecule has 0 bridgehead atoms. The molecule has 2 heterocycles. The molecule has 1 aromatic rings. The van der Waals surface area contributed by atoms with E-state index in [4.69, 9.17) is 0 Å². The Hall–Kier alpha value is -1.01. The van der Waals surface area contributed by atoms with Crippen LogP contribution in [0.25, 0.3) is 0 Å². The first kappa shape index (κ1) is 8.58. The fraction of sp³-hybridized carbons (Fsp3) is 0.571. The third-order valence-corrected chi connectivity index (χ3v) is 2.52. The average Bonchev–Trinajstić information content (AvgIpc) is 2.53. The predicted molar refractivity (Wildman–Crippen MR) is 48.6 cm³/mol. The largest absolute Gasteiger partial charge is 0.343 e. The van der Waals surface area contributed by atoms with Crippen LogP contribution < -0.4 is 10.6 Å². The van der Waals surface area contributed by atoms with E-state index in [-0.39, 0.29) is 11.4 Å². The maximum Gasteiger partial charge on any atom is 0.273 e. The zero-order chi connectivity index (χ0) is 9.31. The van der Waals surface area contributed by atoms with Crippen molar-refractivity contribution in [3.63, 3.8) is 0 Å². The highest BCUT2D eigenvalue weighted by molar-refractivity contribution is 6.99. The van der Waals surface area contributed by atoms with Crippen LogP contribution in [0.15, 0.2) is 6.20 Å². The summed E-state index contributed by atoms with van der Waals surface area (Å²) in [4.78, 5) is 11.5. The monoisotopic (exact) mass is 198 g/mol. The number of aromatic nitrogens is 2. The summed E-state index contributed by atoms with van der Waals surface area (Å²) < 4.78 is 7.63. The summed E-state index contributed by atoms with van der Waals surface area (Å²) in [6.07, 6.45) is 1.48. The van der Waals surface area contributed by atoms with Crippen LogP contribution in [0, 0.1) is 0 Å². The van der Waals surface area contributed by atoms with E-state index in [9.17, 15) is 4.79 Å². The van der Waals surface area contributed by atoms with Gasteiger partial charge in [0.05, 0.1) is 23.5 Å². The summed E-state index contributed by atoms with van der Waals surface area (Å²) in [5.41, 5.74) is 0.291. The zero-order valence-corrected chi connectivity index (χ0v) is 8.02. The minimum atomic E-state index is -0.141. The number of nitrogens with zero attached hydrogens (tertiary/aromatic N) is 2. The Kier molecular flexibility index (Phi) is 2.01. The SMILES string of the molecule is CC1(NC(=O)c2cnsn2)CNC1. The lowest BCUT2D eigenvalue weighted by Gasteiger charge is -2.39. The second-order valence-corrected chi connectivity index (χ2v) is 3.97. The molecule has 0 aliphatic carbocycles. The third kappa shape index (κ3) is 1.68. The molecule has 70 valence electrons. The lowest BCUT2D eigenvalue weighted by atomic mass is 9.95. The number of carbonyl (C=O) groups is 1. The maximum atomic E-state index is 11.5. The highest BCUT2D eigenvalue weighted by atomic mass is 32.1. The van der Waals surface area contributed by atoms with Crippen molar-refractivity contribution in [2.45, 2.75) is 12.5 Å². The van der Waals surface area contributed by atoms with Crippen molar-refractivity contribution < 1.29 is 4.79 Å². The second kappa shape index (κ2) is 3.04. The topological polar surface area (TPSA) is 66.9 Å². The van der Waals surface area contributed by atoms with Gasteiger partial charge < -0.3 is 10.6 Å². The minimum absolute atomic E-state index is 0.110. The maximum absolute atomic E-state index is 11.5. The molecule has 2 rings (SSSR count). The van der Waals surface area contributed by atoms with Gasteiger partial charge in [-0.2, -0.15) is 8.75 Å². The van der Waals surface area contributed by atoms with Gasteiger partial charge >= 0.3 is 0 Å². The van der Waals surface area contributed by atoms with Gasteiger partial charge in [-0.25, -0.2) is 0 Å². The van der Waals surface area contributed by atoms with E-state index in [2.05, 4.69) is 19.4 Å². The van der Waals surface area contributed by atoms with E-state index in [1.165, 1.54) is 6.20 Å². The van der Waals surface area contributed by atoms with Crippen molar-refractivity contribution in [2.24, 2.45) is 0 Å². The molecule has 0 aromatic carbocycles. The Morgan fingerprint density at radius 2 is 2.54 bits per heavy atom. The van der Waals surface area contributed by atoms with E-state index in [0.717, 1.165) is 24.8 Å². The normalized spacial score (nSPS) is 19.2. The van der Waals surface area contributed by atoms with Gasteiger partial charge in [0, 0.05) is 13.1 Å². The molecule has 0 saturated carbocycles. The standard InChI is InChI=1S/C7H10N4OS/c1-7(3-8-4-7)10-6(12)5-2-9-13-11-5/h2,8H,3-4H2,1H3,(H,10,12). The highest BCUT2D eigenvalue weighted by Crippen LogP contribution is 2.10. The molecule has 0 unspecified atom stereocenters. The molecule has 0 atom stereocenters. The lowest BCUT2D eigenvalue weighted by molar-refractivity contribution is 0.0868. The summed E-state index contributed by atoms with van der Waals surface area (Å²) in [5.74, 6) is -0.141. The molecular weight excluding hydrogens is 188 g/mol. The van der Waals surface area contributed by atoms with E-state index < -0.39 is 0 Å². The van der Waals surface area contributed by atoms with E-state index in [1.807, 2.05) is 6.92 Å². The van der Waals surface area contributed by atoms with Gasteiger partial charge in [-0.3, -0.25) is 4.79 Å². The van der Waals surface area contributed by atoms with Crippen molar-refractivity contribution in [1.29, 1.82) is 0 Å². The number of amides is 1. The highest BCUT2D eigenvalue weighted by Gasteiger charge is 2.33. The second-order valence-electron chi connectivity index (χ2n) is 3.41. The van der Waals surface area contributed by atoms with Crippen LogP contribution in [0.1, 0.15) is 17.4 Å². The van der Waals surface area contributed by atoms with Crippen LogP contribution in [0.4, 0.5) is 0 Å². The number of carbonyl (C=O) groups excluding carboxylic acids is 1. The molecule has 5 nitrogen and oxygen atoms in total. The first-order valence-electron chi connectivity index (χ1n) is 4.00. The van der Waals surface area contributed by atoms with Crippen molar-refractivity contribution in [3.8, 4) is 0 Å². The van der Waals surface area contributed by atoms with Gasteiger partial charge in [0.15, 0.2) is 5.69 Å². The van der Waals surface area contributed by atoms with Gasteiger partial charge in [0.1, 0.15) is 0 Å². The summed E-state index contributed by atoms with van der Waals surface area (Å²) in [7, 11) is 0. The average molecular weight is 198 g/mol. The Morgan fingerprint density at radius 1 is 1.77 bits per heavy atom. The van der Waals surface area contributed by atoms with Crippen LogP contribution in [-0.2, 0) is 0 Å². The van der Waals surface area contributed by atoms with Crippen molar-refractivity contribution in [3.05, 3.63) is 11.9 Å². The molecule has 1 fully saturated rings. The molecule has 1 aliphatic rings. The third-order valence-electron chi connectivity index (χ3n) is 2.04. The number of hydrogen-bond donors (Lipinski definition) is 2. The van der Waals surface area contributed by atoms with E-state index >= 15 is 0 Å². The Balaban J connectivity index is 1.99. The van der Waals surface area contributed by atoms with Gasteiger partial charge in [-0.15, -0.1) is 0 Å². The molecule has 6 heteroatoms. The molecule has 1 aromatic heterocycles. The first-order valence-corrected chi connectivity index (χ1v) is 4.73. The molecular formula is C7H10N4OS. The van der Waals surface area contributed by atoms with Crippen LogP contribution >= 0.6 is 11.7 Å². The zero-order valence-electron chi connectivity index (χ0n) is 7.20. The van der Waals surface area contributed by atoms with Crippen molar-refractivity contribution >= 4 is 17.6 Å². The van der Waals surface area contributed by atoms with Crippen molar-refractivity contribution in [1.82, 2.24) is 19.4 Å². The number of nitrogens with one attached hydrogen (secondary N) is 2. The molecule has 0 radical (unpaired) electrons. The van der Waals surface area contributed by atoms with Gasteiger partial charge in [0.25, 0.3) is 5.91 Å².